The lowest BCUT2D eigenvalue weighted by molar-refractivity contribution is -0.137. The Balaban J connectivity index is 2.98. The first-order valence-corrected chi connectivity index (χ1v) is 13.9. The molecule has 0 spiro atoms. The van der Waals surface area contributed by atoms with Crippen LogP contribution in [0.15, 0.2) is 0 Å². The van der Waals surface area contributed by atoms with Gasteiger partial charge in [-0.25, -0.2) is 0 Å². The van der Waals surface area contributed by atoms with Crippen LogP contribution >= 0.6 is 21.6 Å². The SMILES string of the molecule is NCCCCCCCCCCCSSCCCCCCCCCCC(=O)O. The molecular formula is C22H45NO2S2. The quantitative estimate of drug-likeness (QED) is 0.133. The molecule has 0 aliphatic rings. The van der Waals surface area contributed by atoms with Gasteiger partial charge in [-0.1, -0.05) is 105 Å². The van der Waals surface area contributed by atoms with E-state index in [1.165, 1.54) is 108 Å². The molecule has 0 aliphatic heterocycles. The Morgan fingerprint density at radius 1 is 0.556 bits per heavy atom. The van der Waals surface area contributed by atoms with Gasteiger partial charge >= 0.3 is 5.97 Å². The first-order valence-electron chi connectivity index (χ1n) is 11.4. The number of nitrogens with two attached hydrogens (primary N) is 1. The summed E-state index contributed by atoms with van der Waals surface area (Å²) in [5.41, 5.74) is 5.50. The third-order valence-corrected chi connectivity index (χ3v) is 7.46. The van der Waals surface area contributed by atoms with Gasteiger partial charge in [0.1, 0.15) is 0 Å². The highest BCUT2D eigenvalue weighted by molar-refractivity contribution is 8.76. The number of hydrogen-bond acceptors (Lipinski definition) is 4. The molecule has 0 heterocycles. The third kappa shape index (κ3) is 26.1. The first-order chi connectivity index (χ1) is 13.3. The van der Waals surface area contributed by atoms with Gasteiger partial charge in [0.2, 0.25) is 0 Å². The van der Waals surface area contributed by atoms with Crippen LogP contribution in [0, 0.1) is 0 Å². The maximum Gasteiger partial charge on any atom is 0.303 e. The summed E-state index contributed by atoms with van der Waals surface area (Å²) in [5, 5.41) is 8.57. The topological polar surface area (TPSA) is 63.3 Å². The summed E-state index contributed by atoms with van der Waals surface area (Å²) in [4.78, 5) is 10.4. The van der Waals surface area contributed by atoms with Crippen LogP contribution in [0.1, 0.15) is 116 Å². The summed E-state index contributed by atoms with van der Waals surface area (Å²) in [6.45, 7) is 0.854. The average molecular weight is 420 g/mol. The molecule has 0 saturated heterocycles. The number of carboxylic acid groups (broad SMARTS) is 1. The van der Waals surface area contributed by atoms with Crippen molar-refractivity contribution in [3.8, 4) is 0 Å². The van der Waals surface area contributed by atoms with E-state index in [0.717, 1.165) is 19.4 Å². The highest BCUT2D eigenvalue weighted by Gasteiger charge is 1.97. The van der Waals surface area contributed by atoms with Gasteiger partial charge in [-0.2, -0.15) is 0 Å². The van der Waals surface area contributed by atoms with Crippen molar-refractivity contribution in [1.29, 1.82) is 0 Å². The molecule has 0 fully saturated rings. The van der Waals surface area contributed by atoms with Crippen molar-refractivity contribution >= 4 is 27.6 Å². The van der Waals surface area contributed by atoms with E-state index in [4.69, 9.17) is 10.8 Å². The van der Waals surface area contributed by atoms with Gasteiger partial charge in [0, 0.05) is 17.9 Å². The van der Waals surface area contributed by atoms with E-state index in [2.05, 4.69) is 21.6 Å². The Labute approximate surface area is 176 Å². The van der Waals surface area contributed by atoms with E-state index in [1.807, 2.05) is 0 Å². The molecule has 0 atom stereocenters. The van der Waals surface area contributed by atoms with Crippen molar-refractivity contribution < 1.29 is 9.90 Å². The number of carboxylic acids is 1. The van der Waals surface area contributed by atoms with Crippen LogP contribution in [0.3, 0.4) is 0 Å². The van der Waals surface area contributed by atoms with E-state index >= 15 is 0 Å². The second-order valence-electron chi connectivity index (χ2n) is 7.59. The second kappa shape index (κ2) is 24.2. The monoisotopic (exact) mass is 419 g/mol. The fourth-order valence-corrected chi connectivity index (χ4v) is 5.45. The summed E-state index contributed by atoms with van der Waals surface area (Å²) < 4.78 is 0. The molecule has 27 heavy (non-hydrogen) atoms. The van der Waals surface area contributed by atoms with Crippen LogP contribution in [0.5, 0.6) is 0 Å². The van der Waals surface area contributed by atoms with Crippen LogP contribution in [0.2, 0.25) is 0 Å². The van der Waals surface area contributed by atoms with Gasteiger partial charge in [0.05, 0.1) is 0 Å². The molecule has 0 bridgehead atoms. The Bertz CT molecular complexity index is 304. The summed E-state index contributed by atoms with van der Waals surface area (Å²) in [5.74, 6) is 1.96. The smallest absolute Gasteiger partial charge is 0.303 e. The van der Waals surface area contributed by atoms with Crippen LogP contribution in [-0.4, -0.2) is 29.1 Å². The second-order valence-corrected chi connectivity index (χ2v) is 10.3. The summed E-state index contributed by atoms with van der Waals surface area (Å²) in [6.07, 6.45) is 22.4. The van der Waals surface area contributed by atoms with E-state index in [9.17, 15) is 4.79 Å². The molecule has 0 aromatic heterocycles. The van der Waals surface area contributed by atoms with Crippen molar-refractivity contribution in [2.75, 3.05) is 18.1 Å². The minimum absolute atomic E-state index is 0.338. The first kappa shape index (κ1) is 27.1. The maximum absolute atomic E-state index is 10.4. The molecule has 162 valence electrons. The molecule has 0 amide bonds. The van der Waals surface area contributed by atoms with Gasteiger partial charge in [-0.05, 0) is 32.2 Å². The van der Waals surface area contributed by atoms with E-state index in [1.54, 1.807) is 0 Å². The zero-order chi connectivity index (χ0) is 19.8. The van der Waals surface area contributed by atoms with Crippen molar-refractivity contribution in [3.05, 3.63) is 0 Å². The van der Waals surface area contributed by atoms with Gasteiger partial charge in [-0.3, -0.25) is 4.79 Å². The minimum atomic E-state index is -0.657. The van der Waals surface area contributed by atoms with Crippen molar-refractivity contribution in [2.24, 2.45) is 5.73 Å². The van der Waals surface area contributed by atoms with Crippen molar-refractivity contribution in [3.63, 3.8) is 0 Å². The number of rotatable bonds is 23. The summed E-state index contributed by atoms with van der Waals surface area (Å²) in [7, 11) is 4.13. The predicted octanol–water partition coefficient (Wildman–Crippen LogP) is 7.43. The lowest BCUT2D eigenvalue weighted by Gasteiger charge is -2.03. The number of carbonyl (C=O) groups is 1. The van der Waals surface area contributed by atoms with Gasteiger partial charge in [0.25, 0.3) is 0 Å². The molecule has 0 aromatic rings. The number of unbranched alkanes of at least 4 members (excludes halogenated alkanes) is 15. The average Bonchev–Trinajstić information content (AvgIpc) is 2.65. The molecule has 0 rings (SSSR count). The molecule has 0 aliphatic carbocycles. The van der Waals surface area contributed by atoms with E-state index in [-0.39, 0.29) is 0 Å². The zero-order valence-corrected chi connectivity index (χ0v) is 19.2. The molecular weight excluding hydrogens is 374 g/mol. The van der Waals surface area contributed by atoms with Crippen LogP contribution < -0.4 is 5.73 Å². The Kier molecular flexibility index (Phi) is 24.3. The molecule has 5 heteroatoms. The predicted molar refractivity (Wildman–Crippen MR) is 125 cm³/mol. The highest BCUT2D eigenvalue weighted by Crippen LogP contribution is 2.25. The summed E-state index contributed by atoms with van der Waals surface area (Å²) >= 11 is 0. The third-order valence-electron chi connectivity index (χ3n) is 4.88. The lowest BCUT2D eigenvalue weighted by Crippen LogP contribution is -1.97. The van der Waals surface area contributed by atoms with Crippen LogP contribution in [0.25, 0.3) is 0 Å². The zero-order valence-electron chi connectivity index (χ0n) is 17.6. The van der Waals surface area contributed by atoms with Crippen LogP contribution in [0.4, 0.5) is 0 Å². The fraction of sp³-hybridized carbons (Fsp3) is 0.955. The summed E-state index contributed by atoms with van der Waals surface area (Å²) in [6, 6.07) is 0. The normalized spacial score (nSPS) is 11.1. The maximum atomic E-state index is 10.4. The Morgan fingerprint density at radius 2 is 0.889 bits per heavy atom. The van der Waals surface area contributed by atoms with E-state index < -0.39 is 5.97 Å². The minimum Gasteiger partial charge on any atom is -0.481 e. The Morgan fingerprint density at radius 3 is 1.26 bits per heavy atom. The molecule has 0 radical (unpaired) electrons. The molecule has 0 aromatic carbocycles. The molecule has 3 N–H and O–H groups in total. The fourth-order valence-electron chi connectivity index (χ4n) is 3.16. The lowest BCUT2D eigenvalue weighted by atomic mass is 10.1. The highest BCUT2D eigenvalue weighted by atomic mass is 33.1. The van der Waals surface area contributed by atoms with Crippen molar-refractivity contribution in [1.82, 2.24) is 0 Å². The Hall–Kier alpha value is 0.130. The van der Waals surface area contributed by atoms with Crippen molar-refractivity contribution in [2.45, 2.75) is 116 Å². The molecule has 0 saturated carbocycles. The largest absolute Gasteiger partial charge is 0.481 e. The van der Waals surface area contributed by atoms with Crippen LogP contribution in [-0.2, 0) is 4.79 Å². The van der Waals surface area contributed by atoms with Gasteiger partial charge < -0.3 is 10.8 Å². The molecule has 3 nitrogen and oxygen atoms in total. The molecule has 0 unspecified atom stereocenters. The van der Waals surface area contributed by atoms with Gasteiger partial charge in [-0.15, -0.1) is 0 Å². The number of hydrogen-bond donors (Lipinski definition) is 2. The standard InChI is InChI=1S/C22H45NO2S2/c23-19-15-11-7-3-1-4-8-12-16-20-26-27-21-17-13-9-5-2-6-10-14-18-22(24)25/h1-21,23H2,(H,24,25). The van der Waals surface area contributed by atoms with E-state index in [0.29, 0.717) is 6.42 Å². The number of aliphatic carboxylic acids is 1. The van der Waals surface area contributed by atoms with Gasteiger partial charge in [0.15, 0.2) is 0 Å².